The Morgan fingerprint density at radius 2 is 0.614 bits per heavy atom. The van der Waals surface area contributed by atoms with Crippen molar-refractivity contribution < 1.29 is 71.4 Å². The van der Waals surface area contributed by atoms with Gasteiger partial charge in [0.1, 0.15) is 31.5 Å². The summed E-state index contributed by atoms with van der Waals surface area (Å²) in [4.78, 5) is 43.9. The lowest BCUT2D eigenvalue weighted by atomic mass is 10.0. The maximum atomic E-state index is 12.2. The van der Waals surface area contributed by atoms with E-state index in [9.17, 15) is 43.8 Å². The van der Waals surface area contributed by atoms with Crippen LogP contribution in [-0.2, 0) is 46.3 Å². The molecule has 0 saturated carbocycles. The van der Waals surface area contributed by atoms with Crippen molar-refractivity contribution in [3.8, 4) is 0 Å². The monoisotopic (exact) mass is 1040 g/mol. The predicted molar refractivity (Wildman–Crippen MR) is 279 cm³/mol. The second-order valence-electron chi connectivity index (χ2n) is 18.6. The van der Waals surface area contributed by atoms with Gasteiger partial charge in [0.15, 0.2) is 0 Å². The molecule has 0 fully saturated rings. The number of aliphatic hydroxyl groups is 3. The molecule has 0 aromatic carbocycles. The maximum absolute atomic E-state index is 12.2. The molecule has 0 spiro atoms. The minimum atomic E-state index is -4.79. The van der Waals surface area contributed by atoms with Crippen molar-refractivity contribution >= 4 is 27.6 Å². The molecule has 412 valence electrons. The van der Waals surface area contributed by atoms with Gasteiger partial charge in [-0.1, -0.05) is 185 Å². The zero-order valence-electron chi connectivity index (χ0n) is 43.7. The van der Waals surface area contributed by atoms with Gasteiger partial charge in [0.2, 0.25) is 0 Å². The van der Waals surface area contributed by atoms with Crippen LogP contribution >= 0.6 is 15.6 Å². The van der Waals surface area contributed by atoms with Crippen LogP contribution in [0.15, 0.2) is 36.5 Å². The molecule has 0 saturated heterocycles. The number of phosphoric ester groups is 2. The summed E-state index contributed by atoms with van der Waals surface area (Å²) in [6, 6.07) is 0. The van der Waals surface area contributed by atoms with Crippen molar-refractivity contribution in [3.05, 3.63) is 36.5 Å². The van der Waals surface area contributed by atoms with Crippen LogP contribution in [0.2, 0.25) is 0 Å². The second-order valence-corrected chi connectivity index (χ2v) is 21.5. The number of unbranched alkanes of at least 4 members (excludes halogenated alkanes) is 27. The normalized spacial score (nSPS) is 15.1. The molecule has 0 aromatic heterocycles. The summed E-state index contributed by atoms with van der Waals surface area (Å²) in [5.41, 5.74) is 0. The van der Waals surface area contributed by atoms with E-state index in [1.807, 2.05) is 0 Å². The highest BCUT2D eigenvalue weighted by molar-refractivity contribution is 7.47. The van der Waals surface area contributed by atoms with Crippen molar-refractivity contribution in [2.24, 2.45) is 0 Å². The molecule has 17 heteroatoms. The van der Waals surface area contributed by atoms with Crippen LogP contribution in [0, 0.1) is 0 Å². The lowest BCUT2D eigenvalue weighted by molar-refractivity contribution is -0.148. The first-order chi connectivity index (χ1) is 33.8. The number of carbonyl (C=O) groups is 2. The fraction of sp³-hybridized carbons (Fsp3) is 0.849. The lowest BCUT2D eigenvalue weighted by Crippen LogP contribution is -2.25. The minimum Gasteiger partial charge on any atom is -0.463 e. The van der Waals surface area contributed by atoms with E-state index in [0.717, 1.165) is 57.8 Å². The number of aliphatic hydroxyl groups excluding tert-OH is 3. The highest BCUT2D eigenvalue weighted by Gasteiger charge is 2.28. The van der Waals surface area contributed by atoms with Crippen LogP contribution in [0.5, 0.6) is 0 Å². The number of esters is 2. The van der Waals surface area contributed by atoms with Crippen molar-refractivity contribution in [2.45, 2.75) is 250 Å². The van der Waals surface area contributed by atoms with Gasteiger partial charge in [0.05, 0.1) is 26.4 Å². The first kappa shape index (κ1) is 68.3. The first-order valence-electron chi connectivity index (χ1n) is 27.3. The molecular formula is C53H100O15P2. The highest BCUT2D eigenvalue weighted by atomic mass is 31.2. The van der Waals surface area contributed by atoms with E-state index in [2.05, 4.69) is 59.4 Å². The summed E-state index contributed by atoms with van der Waals surface area (Å²) < 4.78 is 53.2. The smallest absolute Gasteiger partial charge is 0.463 e. The average Bonchev–Trinajstić information content (AvgIpc) is 3.34. The first-order valence-corrected chi connectivity index (χ1v) is 30.3. The SMILES string of the molecule is CCCCC/C=C\C/C=C\CCCCCCCCCC(=O)OCC(O)COP(=O)(O)OCC(O)COP(=O)(O)OCC(O)COC(=O)CCCCCCCCCCCCC/C=C/CCCCCCCC. The number of carbonyl (C=O) groups excluding carboxylic acids is 2. The molecule has 5 N–H and O–H groups in total. The number of phosphoric acid groups is 2. The summed E-state index contributed by atoms with van der Waals surface area (Å²) in [6.45, 7) is 0.422. The average molecular weight is 1040 g/mol. The molecule has 0 aliphatic rings. The number of hydrogen-bond acceptors (Lipinski definition) is 13. The van der Waals surface area contributed by atoms with E-state index in [0.29, 0.717) is 12.8 Å². The van der Waals surface area contributed by atoms with Crippen LogP contribution in [0.1, 0.15) is 232 Å². The Kier molecular flexibility index (Phi) is 48.2. The van der Waals surface area contributed by atoms with Gasteiger partial charge in [0.25, 0.3) is 0 Å². The largest absolute Gasteiger partial charge is 0.472 e. The van der Waals surface area contributed by atoms with E-state index in [-0.39, 0.29) is 12.8 Å². The summed E-state index contributed by atoms with van der Waals surface area (Å²) in [6.07, 6.45) is 46.9. The molecule has 0 radical (unpaired) electrons. The van der Waals surface area contributed by atoms with E-state index >= 15 is 0 Å². The standard InChI is InChI=1S/C53H100O15P2/c1-3-5-7-9-11-13-15-17-19-21-22-23-24-26-28-30-32-34-36-38-40-42-53(58)64-44-50(55)46-66-70(61,62)68-48-51(56)47-67-69(59,60)65-45-49(54)43-63-52(57)41-39-37-35-33-31-29-27-25-20-18-16-14-12-10-8-6-4-2/h12,14,17-20,49-51,54-56H,3-11,13,15-16,21-48H2,1-2H3,(H,59,60)(H,61,62)/b14-12-,19-17+,20-18-. The van der Waals surface area contributed by atoms with Gasteiger partial charge in [0, 0.05) is 12.8 Å². The summed E-state index contributed by atoms with van der Waals surface area (Å²) >= 11 is 0. The fourth-order valence-corrected chi connectivity index (χ4v) is 8.89. The molecule has 15 nitrogen and oxygen atoms in total. The van der Waals surface area contributed by atoms with Crippen LogP contribution in [0.25, 0.3) is 0 Å². The van der Waals surface area contributed by atoms with Gasteiger partial charge in [-0.05, 0) is 70.6 Å². The van der Waals surface area contributed by atoms with E-state index in [1.165, 1.54) is 135 Å². The van der Waals surface area contributed by atoms with Crippen LogP contribution < -0.4 is 0 Å². The highest BCUT2D eigenvalue weighted by Crippen LogP contribution is 2.45. The number of hydrogen-bond donors (Lipinski definition) is 5. The van der Waals surface area contributed by atoms with E-state index in [4.69, 9.17) is 18.5 Å². The number of rotatable bonds is 53. The Hall–Kier alpha value is -1.74. The zero-order chi connectivity index (χ0) is 51.7. The van der Waals surface area contributed by atoms with Gasteiger partial charge in [-0.2, -0.15) is 0 Å². The van der Waals surface area contributed by atoms with Gasteiger partial charge >= 0.3 is 27.6 Å². The van der Waals surface area contributed by atoms with Crippen molar-refractivity contribution in [1.29, 1.82) is 0 Å². The van der Waals surface area contributed by atoms with E-state index in [1.54, 1.807) is 0 Å². The molecular weight excluding hydrogens is 939 g/mol. The molecule has 0 rings (SSSR count). The molecule has 0 heterocycles. The molecule has 0 amide bonds. The second kappa shape index (κ2) is 49.5. The summed E-state index contributed by atoms with van der Waals surface area (Å²) in [7, 11) is -9.58. The molecule has 5 atom stereocenters. The van der Waals surface area contributed by atoms with Crippen molar-refractivity contribution in [1.82, 2.24) is 0 Å². The predicted octanol–water partition coefficient (Wildman–Crippen LogP) is 13.4. The molecule has 5 unspecified atom stereocenters. The van der Waals surface area contributed by atoms with Crippen LogP contribution in [-0.4, -0.2) is 95.0 Å². The molecule has 0 bridgehead atoms. The Balaban J connectivity index is 3.82. The van der Waals surface area contributed by atoms with Gasteiger partial charge in [-0.3, -0.25) is 27.7 Å². The van der Waals surface area contributed by atoms with E-state index < -0.39 is 85.5 Å². The third-order valence-electron chi connectivity index (χ3n) is 11.6. The van der Waals surface area contributed by atoms with Crippen molar-refractivity contribution in [2.75, 3.05) is 39.6 Å². The number of allylic oxidation sites excluding steroid dienone is 6. The maximum Gasteiger partial charge on any atom is 0.472 e. The molecule has 0 aromatic rings. The summed E-state index contributed by atoms with van der Waals surface area (Å²) in [5.74, 6) is -0.998. The topological polar surface area (TPSA) is 225 Å². The minimum absolute atomic E-state index is 0.188. The lowest BCUT2D eigenvalue weighted by Gasteiger charge is -2.19. The van der Waals surface area contributed by atoms with Gasteiger partial charge in [-0.15, -0.1) is 0 Å². The third-order valence-corrected chi connectivity index (χ3v) is 13.5. The Bertz CT molecular complexity index is 1390. The molecule has 0 aliphatic carbocycles. The van der Waals surface area contributed by atoms with Crippen molar-refractivity contribution in [3.63, 3.8) is 0 Å². The van der Waals surface area contributed by atoms with Gasteiger partial charge in [-0.25, -0.2) is 9.13 Å². The quantitative estimate of drug-likeness (QED) is 0.0165. The third kappa shape index (κ3) is 51.2. The van der Waals surface area contributed by atoms with Crippen LogP contribution in [0.3, 0.4) is 0 Å². The molecule has 70 heavy (non-hydrogen) atoms. The Labute approximate surface area is 424 Å². The zero-order valence-corrected chi connectivity index (χ0v) is 45.5. The Morgan fingerprint density at radius 1 is 0.371 bits per heavy atom. The van der Waals surface area contributed by atoms with Gasteiger partial charge < -0.3 is 34.6 Å². The summed E-state index contributed by atoms with van der Waals surface area (Å²) in [5, 5.41) is 30.1. The molecule has 0 aliphatic heterocycles. The Morgan fingerprint density at radius 3 is 0.943 bits per heavy atom. The van der Waals surface area contributed by atoms with Crippen LogP contribution in [0.4, 0.5) is 0 Å². The number of ether oxygens (including phenoxy) is 2. The fourth-order valence-electron chi connectivity index (χ4n) is 7.30.